The number of piperidine rings is 1. The lowest BCUT2D eigenvalue weighted by molar-refractivity contribution is 0.369. The van der Waals surface area contributed by atoms with Crippen molar-refractivity contribution in [1.82, 2.24) is 15.3 Å². The first-order chi connectivity index (χ1) is 9.36. The standard InChI is InChI=1S/C14H22N4O/c1-19-14-9-16-8-13(17-14)18(12-2-3-12)10-11-4-6-15-7-5-11/h8-9,11-12,15H,2-7,10H2,1H3. The van der Waals surface area contributed by atoms with Gasteiger partial charge in [0.1, 0.15) is 0 Å². The van der Waals surface area contributed by atoms with E-state index in [4.69, 9.17) is 4.74 Å². The molecule has 3 rings (SSSR count). The summed E-state index contributed by atoms with van der Waals surface area (Å²) in [7, 11) is 1.64. The Balaban J connectivity index is 1.72. The van der Waals surface area contributed by atoms with E-state index in [1.807, 2.05) is 6.20 Å². The smallest absolute Gasteiger partial charge is 0.233 e. The van der Waals surface area contributed by atoms with Gasteiger partial charge in [-0.25, -0.2) is 0 Å². The predicted molar refractivity (Wildman–Crippen MR) is 74.5 cm³/mol. The van der Waals surface area contributed by atoms with Crippen LogP contribution in [-0.2, 0) is 0 Å². The lowest BCUT2D eigenvalue weighted by Crippen LogP contribution is -2.37. The topological polar surface area (TPSA) is 50.3 Å². The third kappa shape index (κ3) is 3.15. The number of ether oxygens (including phenoxy) is 1. The van der Waals surface area contributed by atoms with Gasteiger partial charge in [0.15, 0.2) is 5.82 Å². The van der Waals surface area contributed by atoms with E-state index in [1.54, 1.807) is 13.3 Å². The first kappa shape index (κ1) is 12.7. The largest absolute Gasteiger partial charge is 0.480 e. The summed E-state index contributed by atoms with van der Waals surface area (Å²) in [5.41, 5.74) is 0. The van der Waals surface area contributed by atoms with Crippen molar-refractivity contribution in [1.29, 1.82) is 0 Å². The molecule has 5 nitrogen and oxygen atoms in total. The average Bonchev–Trinajstić information content (AvgIpc) is 3.30. The van der Waals surface area contributed by atoms with Crippen LogP contribution in [0.1, 0.15) is 25.7 Å². The van der Waals surface area contributed by atoms with E-state index < -0.39 is 0 Å². The molecule has 1 saturated heterocycles. The molecule has 1 aromatic heterocycles. The van der Waals surface area contributed by atoms with E-state index >= 15 is 0 Å². The number of nitrogens with zero attached hydrogens (tertiary/aromatic N) is 3. The van der Waals surface area contributed by atoms with Crippen molar-refractivity contribution in [2.75, 3.05) is 31.6 Å². The molecule has 5 heteroatoms. The molecule has 0 unspecified atom stereocenters. The Hall–Kier alpha value is -1.36. The van der Waals surface area contributed by atoms with Crippen LogP contribution in [0.5, 0.6) is 5.88 Å². The van der Waals surface area contributed by atoms with E-state index in [0.29, 0.717) is 11.9 Å². The molecule has 0 amide bonds. The highest BCUT2D eigenvalue weighted by Crippen LogP contribution is 2.32. The van der Waals surface area contributed by atoms with E-state index in [1.165, 1.54) is 25.7 Å². The number of hydrogen-bond acceptors (Lipinski definition) is 5. The number of rotatable bonds is 5. The second kappa shape index (κ2) is 5.74. The fraction of sp³-hybridized carbons (Fsp3) is 0.714. The lowest BCUT2D eigenvalue weighted by Gasteiger charge is -2.30. The molecule has 19 heavy (non-hydrogen) atoms. The van der Waals surface area contributed by atoms with Crippen molar-refractivity contribution >= 4 is 5.82 Å². The van der Waals surface area contributed by atoms with Gasteiger partial charge in [-0.2, -0.15) is 4.98 Å². The summed E-state index contributed by atoms with van der Waals surface area (Å²) in [6, 6.07) is 0.663. The van der Waals surface area contributed by atoms with Gasteiger partial charge in [-0.05, 0) is 44.7 Å². The monoisotopic (exact) mass is 262 g/mol. The zero-order valence-electron chi connectivity index (χ0n) is 11.5. The van der Waals surface area contributed by atoms with Crippen LogP contribution in [0.2, 0.25) is 0 Å². The van der Waals surface area contributed by atoms with Crippen molar-refractivity contribution in [3.63, 3.8) is 0 Å². The molecule has 2 aliphatic rings. The molecule has 2 fully saturated rings. The third-order valence-electron chi connectivity index (χ3n) is 4.00. The van der Waals surface area contributed by atoms with Crippen LogP contribution in [0.15, 0.2) is 12.4 Å². The van der Waals surface area contributed by atoms with Gasteiger partial charge in [0, 0.05) is 12.6 Å². The number of aromatic nitrogens is 2. The lowest BCUT2D eigenvalue weighted by atomic mass is 9.97. The Kier molecular flexibility index (Phi) is 3.82. The summed E-state index contributed by atoms with van der Waals surface area (Å²) < 4.78 is 5.18. The highest BCUT2D eigenvalue weighted by molar-refractivity contribution is 5.40. The fourth-order valence-corrected chi connectivity index (χ4v) is 2.73. The van der Waals surface area contributed by atoms with Crippen molar-refractivity contribution < 1.29 is 4.74 Å². The summed E-state index contributed by atoms with van der Waals surface area (Å²) in [6.45, 7) is 3.40. The first-order valence-electron chi connectivity index (χ1n) is 7.20. The Morgan fingerprint density at radius 3 is 2.74 bits per heavy atom. The van der Waals surface area contributed by atoms with Crippen LogP contribution in [0, 0.1) is 5.92 Å². The minimum absolute atomic E-state index is 0.605. The summed E-state index contributed by atoms with van der Waals surface area (Å²) in [4.78, 5) is 11.2. The van der Waals surface area contributed by atoms with Crippen LogP contribution >= 0.6 is 0 Å². The quantitative estimate of drug-likeness (QED) is 0.870. The number of nitrogens with one attached hydrogen (secondary N) is 1. The second-order valence-electron chi connectivity index (χ2n) is 5.50. The average molecular weight is 262 g/mol. The minimum Gasteiger partial charge on any atom is -0.480 e. The van der Waals surface area contributed by atoms with Crippen LogP contribution < -0.4 is 15.0 Å². The van der Waals surface area contributed by atoms with Crippen LogP contribution in [0.3, 0.4) is 0 Å². The van der Waals surface area contributed by atoms with Crippen LogP contribution in [-0.4, -0.2) is 42.8 Å². The molecule has 104 valence electrons. The summed E-state index contributed by atoms with van der Waals surface area (Å²) >= 11 is 0. The molecule has 0 bridgehead atoms. The normalized spacial score (nSPS) is 20.3. The maximum atomic E-state index is 5.18. The zero-order valence-corrected chi connectivity index (χ0v) is 11.5. The molecule has 0 radical (unpaired) electrons. The van der Waals surface area contributed by atoms with Crippen LogP contribution in [0.25, 0.3) is 0 Å². The molecule has 1 saturated carbocycles. The van der Waals surface area contributed by atoms with Gasteiger partial charge in [-0.15, -0.1) is 0 Å². The fourth-order valence-electron chi connectivity index (χ4n) is 2.73. The Morgan fingerprint density at radius 1 is 1.26 bits per heavy atom. The second-order valence-corrected chi connectivity index (χ2v) is 5.50. The molecule has 0 atom stereocenters. The molecule has 1 aliphatic carbocycles. The minimum atomic E-state index is 0.605. The molecule has 1 aromatic rings. The van der Waals surface area contributed by atoms with E-state index in [0.717, 1.165) is 31.4 Å². The van der Waals surface area contributed by atoms with Crippen molar-refractivity contribution in [3.05, 3.63) is 12.4 Å². The summed E-state index contributed by atoms with van der Waals surface area (Å²) in [6.07, 6.45) is 8.62. The summed E-state index contributed by atoms with van der Waals surface area (Å²) in [5.74, 6) is 2.35. The SMILES string of the molecule is COc1cncc(N(CC2CCNCC2)C2CC2)n1. The van der Waals surface area contributed by atoms with E-state index in [9.17, 15) is 0 Å². The molecule has 0 spiro atoms. The predicted octanol–water partition coefficient (Wildman–Crippen LogP) is 1.45. The molecular weight excluding hydrogens is 240 g/mol. The van der Waals surface area contributed by atoms with E-state index in [2.05, 4.69) is 20.2 Å². The number of hydrogen-bond donors (Lipinski definition) is 1. The Morgan fingerprint density at radius 2 is 2.05 bits per heavy atom. The highest BCUT2D eigenvalue weighted by Gasteiger charge is 2.32. The van der Waals surface area contributed by atoms with Gasteiger partial charge < -0.3 is 15.0 Å². The molecule has 1 aliphatic heterocycles. The van der Waals surface area contributed by atoms with E-state index in [-0.39, 0.29) is 0 Å². The number of methoxy groups -OCH3 is 1. The van der Waals surface area contributed by atoms with Gasteiger partial charge in [0.25, 0.3) is 0 Å². The third-order valence-corrected chi connectivity index (χ3v) is 4.00. The van der Waals surface area contributed by atoms with Crippen LogP contribution in [0.4, 0.5) is 5.82 Å². The molecule has 1 N–H and O–H groups in total. The first-order valence-corrected chi connectivity index (χ1v) is 7.20. The zero-order chi connectivity index (χ0) is 13.1. The highest BCUT2D eigenvalue weighted by atomic mass is 16.5. The van der Waals surface area contributed by atoms with Gasteiger partial charge in [0.2, 0.25) is 5.88 Å². The Labute approximate surface area is 114 Å². The van der Waals surface area contributed by atoms with Crippen molar-refractivity contribution in [3.8, 4) is 5.88 Å². The number of anilines is 1. The summed E-state index contributed by atoms with van der Waals surface area (Å²) in [5, 5.41) is 3.42. The van der Waals surface area contributed by atoms with Gasteiger partial charge in [-0.1, -0.05) is 0 Å². The van der Waals surface area contributed by atoms with Crippen molar-refractivity contribution in [2.24, 2.45) is 5.92 Å². The van der Waals surface area contributed by atoms with Gasteiger partial charge in [0.05, 0.1) is 19.5 Å². The van der Waals surface area contributed by atoms with Crippen molar-refractivity contribution in [2.45, 2.75) is 31.7 Å². The molecule has 2 heterocycles. The van der Waals surface area contributed by atoms with Gasteiger partial charge in [-0.3, -0.25) is 4.98 Å². The maximum Gasteiger partial charge on any atom is 0.233 e. The molecular formula is C14H22N4O. The molecule has 0 aromatic carbocycles. The maximum absolute atomic E-state index is 5.18. The van der Waals surface area contributed by atoms with Gasteiger partial charge >= 0.3 is 0 Å². The Bertz CT molecular complexity index is 416.